The van der Waals surface area contributed by atoms with E-state index in [-0.39, 0.29) is 5.52 Å². The van der Waals surface area contributed by atoms with Gasteiger partial charge in [-0.05, 0) is 20.8 Å². The highest BCUT2D eigenvalue weighted by molar-refractivity contribution is 5.81. The van der Waals surface area contributed by atoms with Crippen LogP contribution in [-0.4, -0.2) is 61.4 Å². The van der Waals surface area contributed by atoms with Crippen molar-refractivity contribution >= 4 is 23.1 Å². The molecule has 1 aliphatic rings. The number of nitrogens with two attached hydrogens (primary N) is 1. The fourth-order valence-electron chi connectivity index (χ4n) is 2.84. The van der Waals surface area contributed by atoms with Gasteiger partial charge in [0.1, 0.15) is 17.2 Å². The molecule has 10 nitrogen and oxygen atoms in total. The van der Waals surface area contributed by atoms with E-state index in [1.807, 2.05) is 0 Å². The largest absolute Gasteiger partial charge is 0.509 e. The molecule has 0 radical (unpaired) electrons. The first-order chi connectivity index (χ1) is 13.8. The van der Waals surface area contributed by atoms with Gasteiger partial charge in [-0.1, -0.05) is 0 Å². The molecule has 1 saturated heterocycles. The molecule has 3 heterocycles. The number of nitrogens with zero attached hydrogens (tertiary/aromatic N) is 4. The minimum Gasteiger partial charge on any atom is -0.429 e. The van der Waals surface area contributed by atoms with E-state index in [4.69, 9.17) is 19.9 Å². The zero-order valence-electron chi connectivity index (χ0n) is 16.1. The van der Waals surface area contributed by atoms with Gasteiger partial charge in [0, 0.05) is 0 Å². The third-order valence-corrected chi connectivity index (χ3v) is 4.04. The predicted octanol–water partition coefficient (Wildman–Crippen LogP) is 1.98. The Labute approximate surface area is 166 Å². The van der Waals surface area contributed by atoms with Crippen LogP contribution in [0, 0.1) is 0 Å². The predicted molar refractivity (Wildman–Crippen MR) is 91.7 cm³/mol. The Hall–Kier alpha value is -2.74. The SMILES string of the molecule is CC(C)(C)OC(=O)O[C@@H]1C(F)[C@H](n2cnc3c(N)nc(C(F)(F)F)nc32)O[C@@H]1CO. The second-order valence-electron chi connectivity index (χ2n) is 7.49. The summed E-state index contributed by atoms with van der Waals surface area (Å²) in [6, 6.07) is 0. The number of nitrogen functional groups attached to an aromatic ring is 1. The molecule has 1 aliphatic heterocycles. The maximum atomic E-state index is 15.1. The van der Waals surface area contributed by atoms with Crippen LogP contribution in [0.3, 0.4) is 0 Å². The molecule has 0 bridgehead atoms. The first kappa shape index (κ1) is 22.0. The number of aliphatic hydroxyl groups excluding tert-OH is 1. The van der Waals surface area contributed by atoms with Crippen molar-refractivity contribution in [1.29, 1.82) is 0 Å². The van der Waals surface area contributed by atoms with Gasteiger partial charge in [-0.15, -0.1) is 0 Å². The van der Waals surface area contributed by atoms with Crippen molar-refractivity contribution in [1.82, 2.24) is 19.5 Å². The number of aliphatic hydroxyl groups is 1. The van der Waals surface area contributed by atoms with E-state index in [1.54, 1.807) is 20.8 Å². The van der Waals surface area contributed by atoms with Gasteiger partial charge in [0.25, 0.3) is 0 Å². The summed E-state index contributed by atoms with van der Waals surface area (Å²) in [5.41, 5.74) is 3.97. The summed E-state index contributed by atoms with van der Waals surface area (Å²) in [6.07, 6.45) is -11.7. The monoisotopic (exact) mass is 437 g/mol. The van der Waals surface area contributed by atoms with E-state index in [0.29, 0.717) is 0 Å². The summed E-state index contributed by atoms with van der Waals surface area (Å²) in [7, 11) is 0. The van der Waals surface area contributed by atoms with E-state index < -0.39 is 66.4 Å². The first-order valence-corrected chi connectivity index (χ1v) is 8.69. The number of alkyl halides is 4. The zero-order valence-corrected chi connectivity index (χ0v) is 16.1. The number of halogens is 4. The fourth-order valence-corrected chi connectivity index (χ4v) is 2.84. The maximum absolute atomic E-state index is 15.1. The molecule has 14 heteroatoms. The molecule has 0 spiro atoms. The van der Waals surface area contributed by atoms with E-state index >= 15 is 4.39 Å². The molecule has 0 aromatic carbocycles. The normalized spacial score (nSPS) is 24.9. The van der Waals surface area contributed by atoms with Gasteiger partial charge < -0.3 is 25.1 Å². The molecule has 4 atom stereocenters. The van der Waals surface area contributed by atoms with Crippen LogP contribution in [0.25, 0.3) is 11.2 Å². The molecule has 30 heavy (non-hydrogen) atoms. The number of imidazole rings is 1. The summed E-state index contributed by atoms with van der Waals surface area (Å²) >= 11 is 0. The van der Waals surface area contributed by atoms with Crippen molar-refractivity contribution < 1.29 is 41.7 Å². The highest BCUT2D eigenvalue weighted by Crippen LogP contribution is 2.37. The highest BCUT2D eigenvalue weighted by atomic mass is 19.4. The minimum absolute atomic E-state index is 0.198. The average Bonchev–Trinajstić information content (AvgIpc) is 3.14. The summed E-state index contributed by atoms with van der Waals surface area (Å²) < 4.78 is 70.3. The molecule has 3 rings (SSSR count). The standard InChI is InChI=1S/C16H19F4N5O5/c1-15(2,3)30-14(27)29-9-6(4-26)28-12(7(9)17)25-5-22-8-10(21)23-13(16(18,19)20)24-11(8)25/h5-7,9,12,26H,4H2,1-3H3,(H2,21,23,24)/t6-,7?,9+,12-/m1/s1. The van der Waals surface area contributed by atoms with Crippen LogP contribution in [0.4, 0.5) is 28.2 Å². The van der Waals surface area contributed by atoms with Crippen LogP contribution in [0.15, 0.2) is 6.33 Å². The van der Waals surface area contributed by atoms with Gasteiger partial charge in [0.05, 0.1) is 12.9 Å². The lowest BCUT2D eigenvalue weighted by Gasteiger charge is -2.23. The van der Waals surface area contributed by atoms with Gasteiger partial charge in [-0.25, -0.2) is 24.1 Å². The number of fused-ring (bicyclic) bond motifs is 1. The summed E-state index contributed by atoms with van der Waals surface area (Å²) in [6.45, 7) is 3.97. The molecule has 2 aromatic rings. The van der Waals surface area contributed by atoms with Gasteiger partial charge >= 0.3 is 12.3 Å². The highest BCUT2D eigenvalue weighted by Gasteiger charge is 2.49. The number of ether oxygens (including phenoxy) is 3. The molecule has 0 saturated carbocycles. The van der Waals surface area contributed by atoms with Crippen molar-refractivity contribution in [3.05, 3.63) is 12.2 Å². The Morgan fingerprint density at radius 3 is 2.57 bits per heavy atom. The van der Waals surface area contributed by atoms with Crippen molar-refractivity contribution in [2.24, 2.45) is 0 Å². The Morgan fingerprint density at radius 2 is 2.00 bits per heavy atom. The molecular weight excluding hydrogens is 418 g/mol. The molecule has 1 unspecified atom stereocenters. The molecular formula is C16H19F4N5O5. The van der Waals surface area contributed by atoms with Crippen LogP contribution in [0.2, 0.25) is 0 Å². The molecule has 2 aromatic heterocycles. The van der Waals surface area contributed by atoms with Gasteiger partial charge in [0.2, 0.25) is 5.82 Å². The fraction of sp³-hybridized carbons (Fsp3) is 0.625. The van der Waals surface area contributed by atoms with E-state index in [2.05, 4.69) is 15.0 Å². The third-order valence-electron chi connectivity index (χ3n) is 4.04. The number of anilines is 1. The molecule has 3 N–H and O–H groups in total. The Kier molecular flexibility index (Phi) is 5.49. The molecule has 0 aliphatic carbocycles. The zero-order chi connectivity index (χ0) is 22.4. The smallest absolute Gasteiger partial charge is 0.429 e. The lowest BCUT2D eigenvalue weighted by atomic mass is 10.1. The number of aromatic nitrogens is 4. The van der Waals surface area contributed by atoms with Gasteiger partial charge in [-0.3, -0.25) is 4.57 Å². The van der Waals surface area contributed by atoms with Gasteiger partial charge in [-0.2, -0.15) is 13.2 Å². The van der Waals surface area contributed by atoms with Crippen LogP contribution >= 0.6 is 0 Å². The number of hydrogen-bond donors (Lipinski definition) is 2. The van der Waals surface area contributed by atoms with Crippen LogP contribution in [0.5, 0.6) is 0 Å². The van der Waals surface area contributed by atoms with E-state index in [9.17, 15) is 23.1 Å². The first-order valence-electron chi connectivity index (χ1n) is 8.69. The summed E-state index contributed by atoms with van der Waals surface area (Å²) in [4.78, 5) is 22.2. The second-order valence-corrected chi connectivity index (χ2v) is 7.49. The van der Waals surface area contributed by atoms with Crippen LogP contribution in [-0.2, 0) is 20.4 Å². The maximum Gasteiger partial charge on any atom is 0.509 e. The third kappa shape index (κ3) is 4.23. The average molecular weight is 437 g/mol. The molecule has 1 fully saturated rings. The number of carbonyl (C=O) groups is 1. The topological polar surface area (TPSA) is 135 Å². The molecule has 166 valence electrons. The lowest BCUT2D eigenvalue weighted by Crippen LogP contribution is -2.37. The van der Waals surface area contributed by atoms with Crippen molar-refractivity contribution in [3.8, 4) is 0 Å². The van der Waals surface area contributed by atoms with Gasteiger partial charge in [0.15, 0.2) is 30.0 Å². The summed E-state index contributed by atoms with van der Waals surface area (Å²) in [5.74, 6) is -2.09. The Bertz CT molecular complexity index is 944. The van der Waals surface area contributed by atoms with Crippen molar-refractivity contribution in [3.63, 3.8) is 0 Å². The van der Waals surface area contributed by atoms with Crippen molar-refractivity contribution in [2.75, 3.05) is 12.3 Å². The second kappa shape index (κ2) is 7.50. The Morgan fingerprint density at radius 1 is 1.33 bits per heavy atom. The Balaban J connectivity index is 1.93. The molecule has 0 amide bonds. The lowest BCUT2D eigenvalue weighted by molar-refractivity contribution is -0.144. The van der Waals surface area contributed by atoms with E-state index in [1.165, 1.54) is 0 Å². The minimum atomic E-state index is -4.90. The van der Waals surface area contributed by atoms with Crippen molar-refractivity contribution in [2.45, 2.75) is 57.2 Å². The number of rotatable bonds is 3. The van der Waals surface area contributed by atoms with Crippen LogP contribution < -0.4 is 5.73 Å². The number of carbonyl (C=O) groups excluding carboxylic acids is 1. The quantitative estimate of drug-likeness (QED) is 0.546. The van der Waals surface area contributed by atoms with Crippen LogP contribution in [0.1, 0.15) is 32.8 Å². The number of hydrogen-bond acceptors (Lipinski definition) is 9. The summed E-state index contributed by atoms with van der Waals surface area (Å²) in [5, 5.41) is 9.48. The van der Waals surface area contributed by atoms with E-state index in [0.717, 1.165) is 10.9 Å².